The molecular formula is C13H16ClNO4. The number of fused-ring (bicyclic) bond motifs is 1. The van der Waals surface area contributed by atoms with Crippen molar-refractivity contribution in [2.75, 3.05) is 19.8 Å². The van der Waals surface area contributed by atoms with Crippen molar-refractivity contribution in [3.05, 3.63) is 22.2 Å². The maximum absolute atomic E-state index is 11.3. The molecule has 5 nitrogen and oxygen atoms in total. The zero-order valence-corrected chi connectivity index (χ0v) is 11.4. The molecule has 3 N–H and O–H groups in total. The quantitative estimate of drug-likeness (QED) is 0.881. The number of hydrogen-bond donors (Lipinski definition) is 2. The Morgan fingerprint density at radius 2 is 2.21 bits per heavy atom. The Morgan fingerprint density at radius 3 is 2.79 bits per heavy atom. The number of ether oxygens (including phenoxy) is 2. The maximum Gasteiger partial charge on any atom is 0.312 e. The molecule has 1 aliphatic heterocycles. The van der Waals surface area contributed by atoms with Crippen LogP contribution < -0.4 is 15.2 Å². The SMILES string of the molecule is CCc1c2c(cc(Cl)c1C(CN)C(=O)O)OCCO2. The van der Waals surface area contributed by atoms with Crippen molar-refractivity contribution in [2.45, 2.75) is 19.3 Å². The Bertz CT molecular complexity index is 504. The minimum Gasteiger partial charge on any atom is -0.486 e. The van der Waals surface area contributed by atoms with Gasteiger partial charge in [0.1, 0.15) is 13.2 Å². The van der Waals surface area contributed by atoms with E-state index < -0.39 is 11.9 Å². The first-order chi connectivity index (χ1) is 9.10. The van der Waals surface area contributed by atoms with Crippen LogP contribution in [0.3, 0.4) is 0 Å². The molecule has 6 heteroatoms. The first-order valence-corrected chi connectivity index (χ1v) is 6.51. The fraction of sp³-hybridized carbons (Fsp3) is 0.462. The third-order valence-electron chi connectivity index (χ3n) is 3.16. The second-order valence-electron chi connectivity index (χ2n) is 4.25. The van der Waals surface area contributed by atoms with Crippen LogP contribution in [0.5, 0.6) is 11.5 Å². The second kappa shape index (κ2) is 5.67. The van der Waals surface area contributed by atoms with E-state index in [1.807, 2.05) is 6.92 Å². The van der Waals surface area contributed by atoms with Crippen molar-refractivity contribution in [3.8, 4) is 11.5 Å². The molecule has 0 bridgehead atoms. The molecule has 1 atom stereocenters. The van der Waals surface area contributed by atoms with Gasteiger partial charge in [-0.2, -0.15) is 0 Å². The average Bonchev–Trinajstić information content (AvgIpc) is 2.39. The lowest BCUT2D eigenvalue weighted by molar-refractivity contribution is -0.138. The molecule has 104 valence electrons. The van der Waals surface area contributed by atoms with Gasteiger partial charge >= 0.3 is 5.97 Å². The van der Waals surface area contributed by atoms with Crippen LogP contribution in [0.1, 0.15) is 24.0 Å². The van der Waals surface area contributed by atoms with Gasteiger partial charge in [-0.1, -0.05) is 18.5 Å². The molecule has 0 spiro atoms. The molecule has 1 aromatic rings. The summed E-state index contributed by atoms with van der Waals surface area (Å²) in [5.74, 6) is -0.667. The highest BCUT2D eigenvalue weighted by Crippen LogP contribution is 2.43. The predicted molar refractivity (Wildman–Crippen MR) is 71.3 cm³/mol. The first-order valence-electron chi connectivity index (χ1n) is 6.13. The minimum atomic E-state index is -0.990. The number of hydrogen-bond acceptors (Lipinski definition) is 4. The van der Waals surface area contributed by atoms with Gasteiger partial charge in [-0.05, 0) is 12.0 Å². The summed E-state index contributed by atoms with van der Waals surface area (Å²) in [6.45, 7) is 2.82. The lowest BCUT2D eigenvalue weighted by atomic mass is 9.91. The molecule has 19 heavy (non-hydrogen) atoms. The van der Waals surface area contributed by atoms with Crippen LogP contribution in [0.4, 0.5) is 0 Å². The van der Waals surface area contributed by atoms with Crippen molar-refractivity contribution < 1.29 is 19.4 Å². The van der Waals surface area contributed by atoms with Crippen LogP contribution in [-0.2, 0) is 11.2 Å². The monoisotopic (exact) mass is 285 g/mol. The molecular weight excluding hydrogens is 270 g/mol. The summed E-state index contributed by atoms with van der Waals surface area (Å²) in [5.41, 5.74) is 6.86. The number of aliphatic carboxylic acids is 1. The van der Waals surface area contributed by atoms with Crippen molar-refractivity contribution in [1.29, 1.82) is 0 Å². The van der Waals surface area contributed by atoms with Crippen molar-refractivity contribution in [2.24, 2.45) is 5.73 Å². The molecule has 1 aromatic carbocycles. The molecule has 1 heterocycles. The Labute approximate surface area is 116 Å². The van der Waals surface area contributed by atoms with Crippen molar-refractivity contribution in [1.82, 2.24) is 0 Å². The normalized spacial score (nSPS) is 15.1. The molecule has 1 aliphatic rings. The summed E-state index contributed by atoms with van der Waals surface area (Å²) in [4.78, 5) is 11.3. The van der Waals surface area contributed by atoms with Gasteiger partial charge in [0.05, 0.1) is 5.92 Å². The molecule has 2 rings (SSSR count). The van der Waals surface area contributed by atoms with Crippen LogP contribution in [0.2, 0.25) is 5.02 Å². The lowest BCUT2D eigenvalue weighted by Gasteiger charge is -2.25. The van der Waals surface area contributed by atoms with E-state index in [2.05, 4.69) is 0 Å². The summed E-state index contributed by atoms with van der Waals surface area (Å²) < 4.78 is 11.1. The third kappa shape index (κ3) is 2.48. The van der Waals surface area contributed by atoms with E-state index in [9.17, 15) is 9.90 Å². The fourth-order valence-electron chi connectivity index (χ4n) is 2.30. The van der Waals surface area contributed by atoms with Crippen LogP contribution in [0.15, 0.2) is 6.07 Å². The van der Waals surface area contributed by atoms with Crippen LogP contribution in [-0.4, -0.2) is 30.8 Å². The van der Waals surface area contributed by atoms with Crippen molar-refractivity contribution in [3.63, 3.8) is 0 Å². The number of nitrogens with two attached hydrogens (primary N) is 1. The number of carboxylic acids is 1. The van der Waals surface area contributed by atoms with Crippen LogP contribution >= 0.6 is 11.6 Å². The van der Waals surface area contributed by atoms with Gasteiger partial charge in [0.25, 0.3) is 0 Å². The molecule has 0 saturated carbocycles. The van der Waals surface area contributed by atoms with Gasteiger partial charge in [-0.25, -0.2) is 0 Å². The molecule has 1 unspecified atom stereocenters. The summed E-state index contributed by atoms with van der Waals surface area (Å²) in [7, 11) is 0. The maximum atomic E-state index is 11.3. The van der Waals surface area contributed by atoms with Gasteiger partial charge in [-0.3, -0.25) is 4.79 Å². The zero-order valence-electron chi connectivity index (χ0n) is 10.6. The van der Waals surface area contributed by atoms with Gasteiger partial charge in [-0.15, -0.1) is 0 Å². The van der Waals surface area contributed by atoms with Crippen molar-refractivity contribution >= 4 is 17.6 Å². The molecule has 0 saturated heterocycles. The summed E-state index contributed by atoms with van der Waals surface area (Å²) in [6.07, 6.45) is 0.603. The lowest BCUT2D eigenvalue weighted by Crippen LogP contribution is -2.24. The first kappa shape index (κ1) is 14.0. The smallest absolute Gasteiger partial charge is 0.312 e. The molecule has 0 aliphatic carbocycles. The van der Waals surface area contributed by atoms with E-state index in [-0.39, 0.29) is 6.54 Å². The van der Waals surface area contributed by atoms with Crippen LogP contribution in [0.25, 0.3) is 0 Å². The molecule has 0 amide bonds. The molecule has 0 aromatic heterocycles. The van der Waals surface area contributed by atoms with Gasteiger partial charge in [0.15, 0.2) is 11.5 Å². The van der Waals surface area contributed by atoms with E-state index >= 15 is 0 Å². The fourth-order valence-corrected chi connectivity index (χ4v) is 2.65. The number of benzene rings is 1. The highest BCUT2D eigenvalue weighted by Gasteiger charge is 2.29. The number of halogens is 1. The largest absolute Gasteiger partial charge is 0.486 e. The van der Waals surface area contributed by atoms with Gasteiger partial charge in [0, 0.05) is 23.2 Å². The second-order valence-corrected chi connectivity index (χ2v) is 4.66. The van der Waals surface area contributed by atoms with Crippen LogP contribution in [0, 0.1) is 0 Å². The van der Waals surface area contributed by atoms with E-state index in [4.69, 9.17) is 26.8 Å². The summed E-state index contributed by atoms with van der Waals surface area (Å²) in [5, 5.41) is 9.62. The summed E-state index contributed by atoms with van der Waals surface area (Å²) in [6, 6.07) is 1.61. The number of carbonyl (C=O) groups is 1. The third-order valence-corrected chi connectivity index (χ3v) is 3.47. The zero-order chi connectivity index (χ0) is 14.0. The van der Waals surface area contributed by atoms with E-state index in [1.54, 1.807) is 6.07 Å². The summed E-state index contributed by atoms with van der Waals surface area (Å²) >= 11 is 6.21. The van der Waals surface area contributed by atoms with E-state index in [1.165, 1.54) is 0 Å². The van der Waals surface area contributed by atoms with Gasteiger partial charge < -0.3 is 20.3 Å². The standard InChI is InChI=1S/C13H16ClNO4/c1-2-7-11(8(6-15)13(16)17)9(14)5-10-12(7)19-4-3-18-10/h5,8H,2-4,6,15H2,1H3,(H,16,17). The molecule has 0 radical (unpaired) electrons. The predicted octanol–water partition coefficient (Wildman–Crippen LogP) is 1.80. The highest BCUT2D eigenvalue weighted by atomic mass is 35.5. The Kier molecular flexibility index (Phi) is 4.17. The number of carboxylic acid groups (broad SMARTS) is 1. The average molecular weight is 286 g/mol. The Hall–Kier alpha value is -1.46. The van der Waals surface area contributed by atoms with E-state index in [0.29, 0.717) is 41.7 Å². The molecule has 0 fully saturated rings. The highest BCUT2D eigenvalue weighted by molar-refractivity contribution is 6.32. The van der Waals surface area contributed by atoms with Gasteiger partial charge in [0.2, 0.25) is 0 Å². The Morgan fingerprint density at radius 1 is 1.53 bits per heavy atom. The Balaban J connectivity index is 2.62. The minimum absolute atomic E-state index is 0.0122. The number of rotatable bonds is 4. The van der Waals surface area contributed by atoms with E-state index in [0.717, 1.165) is 5.56 Å². The topological polar surface area (TPSA) is 81.8 Å².